The monoisotopic (exact) mass is 261 g/mol. The Labute approximate surface area is 115 Å². The van der Waals surface area contributed by atoms with Crippen LogP contribution in [-0.4, -0.2) is 48.4 Å². The number of likely N-dealkylation sites (N-methyl/N-ethyl adjacent to an activating group) is 1. The van der Waals surface area contributed by atoms with Crippen molar-refractivity contribution in [1.29, 1.82) is 0 Å². The van der Waals surface area contributed by atoms with E-state index in [-0.39, 0.29) is 11.9 Å². The number of hydrogen-bond donors (Lipinski definition) is 1. The van der Waals surface area contributed by atoms with Crippen molar-refractivity contribution in [2.75, 3.05) is 26.7 Å². The van der Waals surface area contributed by atoms with Crippen LogP contribution in [0.3, 0.4) is 0 Å². The third-order valence-electron chi connectivity index (χ3n) is 3.76. The molecule has 19 heavy (non-hydrogen) atoms. The molecule has 1 fully saturated rings. The van der Waals surface area contributed by atoms with Gasteiger partial charge in [0.2, 0.25) is 5.91 Å². The number of carbonyl (C=O) groups is 1. The lowest BCUT2D eigenvalue weighted by Crippen LogP contribution is -2.38. The summed E-state index contributed by atoms with van der Waals surface area (Å²) < 4.78 is 0. The lowest BCUT2D eigenvalue weighted by atomic mass is 10.1. The van der Waals surface area contributed by atoms with Crippen LogP contribution in [0.1, 0.15) is 17.5 Å². The van der Waals surface area contributed by atoms with Crippen molar-refractivity contribution >= 4 is 5.91 Å². The number of nitrogens with two attached hydrogens (primary N) is 1. The van der Waals surface area contributed by atoms with Gasteiger partial charge in [-0.1, -0.05) is 24.3 Å². The van der Waals surface area contributed by atoms with Crippen molar-refractivity contribution in [3.8, 4) is 0 Å². The predicted octanol–water partition coefficient (Wildman–Crippen LogP) is 0.986. The van der Waals surface area contributed by atoms with E-state index in [2.05, 4.69) is 24.0 Å². The molecule has 0 aromatic heterocycles. The van der Waals surface area contributed by atoms with Crippen LogP contribution in [0.2, 0.25) is 0 Å². The molecule has 0 bridgehead atoms. The molecule has 1 aliphatic heterocycles. The molecule has 1 atom stereocenters. The molecule has 0 aliphatic carbocycles. The van der Waals surface area contributed by atoms with Gasteiger partial charge in [0.15, 0.2) is 0 Å². The van der Waals surface area contributed by atoms with E-state index in [1.807, 2.05) is 19.2 Å². The third-order valence-corrected chi connectivity index (χ3v) is 3.76. The number of amides is 1. The largest absolute Gasteiger partial charge is 0.340 e. The van der Waals surface area contributed by atoms with E-state index in [1.54, 1.807) is 4.90 Å². The lowest BCUT2D eigenvalue weighted by molar-refractivity contribution is -0.131. The van der Waals surface area contributed by atoms with Crippen LogP contribution < -0.4 is 5.73 Å². The van der Waals surface area contributed by atoms with Crippen LogP contribution in [0.5, 0.6) is 0 Å². The first-order valence-electron chi connectivity index (χ1n) is 6.82. The molecule has 1 aromatic rings. The Balaban J connectivity index is 1.87. The smallest absolute Gasteiger partial charge is 0.236 e. The van der Waals surface area contributed by atoms with Crippen molar-refractivity contribution in [3.05, 3.63) is 35.4 Å². The third kappa shape index (κ3) is 3.78. The normalized spacial score (nSPS) is 19.6. The molecule has 2 rings (SSSR count). The minimum atomic E-state index is 0.164. The summed E-state index contributed by atoms with van der Waals surface area (Å²) in [5.41, 5.74) is 8.29. The summed E-state index contributed by atoms with van der Waals surface area (Å²) in [6.45, 7) is 5.00. The summed E-state index contributed by atoms with van der Waals surface area (Å²) in [6, 6.07) is 8.42. The Bertz CT molecular complexity index is 447. The van der Waals surface area contributed by atoms with E-state index in [1.165, 1.54) is 11.1 Å². The number of carbonyl (C=O) groups excluding carboxylic acids is 1. The maximum absolute atomic E-state index is 12.2. The zero-order valence-corrected chi connectivity index (χ0v) is 11.8. The molecule has 0 saturated carbocycles. The number of aryl methyl sites for hydroxylation is 1. The highest BCUT2D eigenvalue weighted by atomic mass is 16.2. The Morgan fingerprint density at radius 2 is 2.21 bits per heavy atom. The van der Waals surface area contributed by atoms with Crippen LogP contribution in [0.15, 0.2) is 24.3 Å². The van der Waals surface area contributed by atoms with Crippen molar-refractivity contribution in [1.82, 2.24) is 9.80 Å². The van der Waals surface area contributed by atoms with Gasteiger partial charge in [-0.15, -0.1) is 0 Å². The van der Waals surface area contributed by atoms with Gasteiger partial charge in [-0.3, -0.25) is 9.69 Å². The van der Waals surface area contributed by atoms with Gasteiger partial charge >= 0.3 is 0 Å². The van der Waals surface area contributed by atoms with Gasteiger partial charge in [0.05, 0.1) is 6.54 Å². The number of benzene rings is 1. The molecule has 0 spiro atoms. The first-order valence-corrected chi connectivity index (χ1v) is 6.82. The zero-order valence-electron chi connectivity index (χ0n) is 11.8. The molecule has 1 unspecified atom stereocenters. The molecule has 4 nitrogen and oxygen atoms in total. The standard InChI is InChI=1S/C15H23N3O/c1-12-5-3-4-6-13(12)9-17(2)15(19)11-18-8-7-14(16)10-18/h3-6,14H,7-11,16H2,1-2H3. The highest BCUT2D eigenvalue weighted by molar-refractivity contribution is 5.78. The number of rotatable bonds is 4. The number of hydrogen-bond acceptors (Lipinski definition) is 3. The van der Waals surface area contributed by atoms with E-state index >= 15 is 0 Å². The van der Waals surface area contributed by atoms with Crippen molar-refractivity contribution < 1.29 is 4.79 Å². The fraction of sp³-hybridized carbons (Fsp3) is 0.533. The van der Waals surface area contributed by atoms with Gasteiger partial charge in [0, 0.05) is 32.7 Å². The fourth-order valence-corrected chi connectivity index (χ4v) is 2.45. The van der Waals surface area contributed by atoms with Crippen LogP contribution in [0.25, 0.3) is 0 Å². The second-order valence-electron chi connectivity index (χ2n) is 5.46. The second kappa shape index (κ2) is 6.17. The fourth-order valence-electron chi connectivity index (χ4n) is 2.45. The molecule has 1 amide bonds. The molecule has 1 aliphatic rings. The van der Waals surface area contributed by atoms with E-state index in [0.29, 0.717) is 13.1 Å². The Morgan fingerprint density at radius 3 is 2.84 bits per heavy atom. The van der Waals surface area contributed by atoms with Gasteiger partial charge in [-0.25, -0.2) is 0 Å². The Kier molecular flexibility index (Phi) is 4.56. The minimum Gasteiger partial charge on any atom is -0.340 e. The molecule has 4 heteroatoms. The van der Waals surface area contributed by atoms with Gasteiger partial charge in [-0.2, -0.15) is 0 Å². The molecule has 1 aromatic carbocycles. The Morgan fingerprint density at radius 1 is 1.47 bits per heavy atom. The molecule has 1 heterocycles. The molecule has 0 radical (unpaired) electrons. The van der Waals surface area contributed by atoms with Crippen molar-refractivity contribution in [2.24, 2.45) is 5.73 Å². The van der Waals surface area contributed by atoms with Gasteiger partial charge < -0.3 is 10.6 Å². The predicted molar refractivity (Wildman–Crippen MR) is 76.7 cm³/mol. The van der Waals surface area contributed by atoms with Gasteiger partial charge in [0.1, 0.15) is 0 Å². The van der Waals surface area contributed by atoms with E-state index in [0.717, 1.165) is 19.5 Å². The highest BCUT2D eigenvalue weighted by Gasteiger charge is 2.22. The van der Waals surface area contributed by atoms with Crippen LogP contribution in [0.4, 0.5) is 0 Å². The summed E-state index contributed by atoms with van der Waals surface area (Å²) in [5, 5.41) is 0. The molecular weight excluding hydrogens is 238 g/mol. The maximum atomic E-state index is 12.2. The van der Waals surface area contributed by atoms with Crippen molar-refractivity contribution in [3.63, 3.8) is 0 Å². The summed E-state index contributed by atoms with van der Waals surface area (Å²) in [7, 11) is 1.87. The topological polar surface area (TPSA) is 49.6 Å². The van der Waals surface area contributed by atoms with E-state index in [9.17, 15) is 4.79 Å². The SMILES string of the molecule is Cc1ccccc1CN(C)C(=O)CN1CCC(N)C1. The lowest BCUT2D eigenvalue weighted by Gasteiger charge is -2.22. The zero-order chi connectivity index (χ0) is 13.8. The summed E-state index contributed by atoms with van der Waals surface area (Å²) >= 11 is 0. The summed E-state index contributed by atoms with van der Waals surface area (Å²) in [6.07, 6.45) is 0.995. The van der Waals surface area contributed by atoms with Crippen LogP contribution in [-0.2, 0) is 11.3 Å². The van der Waals surface area contributed by atoms with Crippen LogP contribution in [0, 0.1) is 6.92 Å². The quantitative estimate of drug-likeness (QED) is 0.879. The second-order valence-corrected chi connectivity index (χ2v) is 5.46. The molecular formula is C15H23N3O. The first-order chi connectivity index (χ1) is 9.06. The summed E-state index contributed by atoms with van der Waals surface area (Å²) in [5.74, 6) is 0.164. The number of likely N-dealkylation sites (tertiary alicyclic amines) is 1. The molecule has 2 N–H and O–H groups in total. The maximum Gasteiger partial charge on any atom is 0.236 e. The van der Waals surface area contributed by atoms with Gasteiger partial charge in [-0.05, 0) is 24.5 Å². The van der Waals surface area contributed by atoms with Crippen molar-refractivity contribution in [2.45, 2.75) is 25.9 Å². The summed E-state index contributed by atoms with van der Waals surface area (Å²) in [4.78, 5) is 16.1. The van der Waals surface area contributed by atoms with E-state index in [4.69, 9.17) is 5.73 Å². The minimum absolute atomic E-state index is 0.164. The molecule has 1 saturated heterocycles. The van der Waals surface area contributed by atoms with E-state index < -0.39 is 0 Å². The Hall–Kier alpha value is -1.39. The van der Waals surface area contributed by atoms with Gasteiger partial charge in [0.25, 0.3) is 0 Å². The average Bonchev–Trinajstić information content (AvgIpc) is 2.77. The first kappa shape index (κ1) is 14.0. The molecule has 104 valence electrons. The number of nitrogens with zero attached hydrogens (tertiary/aromatic N) is 2. The highest BCUT2D eigenvalue weighted by Crippen LogP contribution is 2.11. The average molecular weight is 261 g/mol. The van der Waals surface area contributed by atoms with Crippen LogP contribution >= 0.6 is 0 Å².